The highest BCUT2D eigenvalue weighted by atomic mass is 31.2. The lowest BCUT2D eigenvalue weighted by Crippen LogP contribution is -2.46. The van der Waals surface area contributed by atoms with Gasteiger partial charge < -0.3 is 28.8 Å². The molecule has 0 radical (unpaired) electrons. The quantitative estimate of drug-likeness (QED) is 0.0358. The van der Waals surface area contributed by atoms with Crippen LogP contribution in [-0.4, -0.2) is 68.5 Å². The third-order valence-electron chi connectivity index (χ3n) is 12.1. The second kappa shape index (κ2) is 42.8. The molecule has 3 atom stereocenters. The number of amides is 1. The summed E-state index contributed by atoms with van der Waals surface area (Å²) in [6.07, 6.45) is 48.2. The highest BCUT2D eigenvalue weighted by Gasteiger charge is 2.24. The molecule has 9 heteroatoms. The maximum Gasteiger partial charge on any atom is 0.268 e. The van der Waals surface area contributed by atoms with Gasteiger partial charge in [0.2, 0.25) is 5.91 Å². The summed E-state index contributed by atoms with van der Waals surface area (Å²) in [6, 6.07) is -0.794. The van der Waals surface area contributed by atoms with E-state index in [0.717, 1.165) is 38.5 Å². The lowest BCUT2D eigenvalue weighted by atomic mass is 10.0. The van der Waals surface area contributed by atoms with Crippen LogP contribution in [0, 0.1) is 0 Å². The monoisotopic (exact) mass is 859 g/mol. The van der Waals surface area contributed by atoms with Crippen LogP contribution >= 0.6 is 7.82 Å². The van der Waals surface area contributed by atoms with E-state index in [1.165, 1.54) is 199 Å². The molecule has 0 aromatic rings. The molecule has 0 aliphatic heterocycles. The minimum atomic E-state index is -4.56. The van der Waals surface area contributed by atoms with Crippen molar-refractivity contribution in [3.05, 3.63) is 0 Å². The van der Waals surface area contributed by atoms with Gasteiger partial charge in [-0.05, 0) is 12.8 Å². The summed E-state index contributed by atoms with van der Waals surface area (Å²) in [5, 5.41) is 14.0. The van der Waals surface area contributed by atoms with Crippen molar-refractivity contribution in [2.45, 2.75) is 276 Å². The lowest BCUT2D eigenvalue weighted by molar-refractivity contribution is -0.870. The Morgan fingerprint density at radius 1 is 0.525 bits per heavy atom. The van der Waals surface area contributed by atoms with Crippen LogP contribution in [0.2, 0.25) is 0 Å². The minimum absolute atomic E-state index is 0.0164. The summed E-state index contributed by atoms with van der Waals surface area (Å²) in [6.45, 7) is 4.76. The number of hydrogen-bond donors (Lipinski definition) is 2. The van der Waals surface area contributed by atoms with Crippen molar-refractivity contribution >= 4 is 13.7 Å². The molecule has 0 rings (SSSR count). The van der Waals surface area contributed by atoms with Gasteiger partial charge in [0.15, 0.2) is 0 Å². The highest BCUT2D eigenvalue weighted by molar-refractivity contribution is 7.45. The predicted octanol–water partition coefficient (Wildman–Crippen LogP) is 14.3. The Kier molecular flexibility index (Phi) is 42.4. The summed E-state index contributed by atoms with van der Waals surface area (Å²) in [5.41, 5.74) is 0. The van der Waals surface area contributed by atoms with Crippen LogP contribution in [-0.2, 0) is 18.4 Å². The first-order valence-electron chi connectivity index (χ1n) is 25.9. The third-order valence-corrected chi connectivity index (χ3v) is 13.1. The maximum atomic E-state index is 12.9. The van der Waals surface area contributed by atoms with Crippen LogP contribution < -0.4 is 10.2 Å². The van der Waals surface area contributed by atoms with Gasteiger partial charge in [0, 0.05) is 6.42 Å². The standard InChI is InChI=1S/C50H103N2O6P/c1-6-8-10-12-14-16-18-20-22-24-25-26-27-28-30-32-34-36-38-40-42-44-50(54)51-48(47-58-59(55,56)57-46-45-52(3,4)5)49(53)43-41-39-37-35-33-31-29-23-21-19-17-15-13-11-9-7-2/h48-49,53H,6-47H2,1-5H3,(H-,51,54,55,56)/t48-,49+/m0/s1. The van der Waals surface area contributed by atoms with Crippen LogP contribution in [0.3, 0.4) is 0 Å². The number of unbranched alkanes of at least 4 members (excludes halogenated alkanes) is 35. The molecule has 0 aliphatic rings. The Bertz CT molecular complexity index is 932. The Labute approximate surface area is 368 Å². The molecule has 0 aliphatic carbocycles. The van der Waals surface area contributed by atoms with Gasteiger partial charge in [-0.25, -0.2) is 0 Å². The van der Waals surface area contributed by atoms with E-state index >= 15 is 0 Å². The molecule has 0 heterocycles. The fraction of sp³-hybridized carbons (Fsp3) is 0.980. The summed E-state index contributed by atoms with van der Waals surface area (Å²) in [4.78, 5) is 25.4. The highest BCUT2D eigenvalue weighted by Crippen LogP contribution is 2.38. The number of carbonyl (C=O) groups is 1. The fourth-order valence-corrected chi connectivity index (χ4v) is 8.71. The van der Waals surface area contributed by atoms with E-state index in [-0.39, 0.29) is 19.1 Å². The SMILES string of the molecule is CCCCCCCCCCCCCCCCCCCCCCCC(=O)N[C@@H](COP(=O)([O-])OCC[N+](C)(C)C)[C@H](O)CCCCCCCCCCCCCCCCCC. The molecule has 0 spiro atoms. The van der Waals surface area contributed by atoms with E-state index < -0.39 is 20.0 Å². The van der Waals surface area contributed by atoms with Gasteiger partial charge in [-0.2, -0.15) is 0 Å². The normalized spacial score (nSPS) is 14.1. The first-order chi connectivity index (χ1) is 28.5. The van der Waals surface area contributed by atoms with Crippen molar-refractivity contribution in [1.29, 1.82) is 0 Å². The first-order valence-corrected chi connectivity index (χ1v) is 27.3. The smallest absolute Gasteiger partial charge is 0.268 e. The molecule has 1 unspecified atom stereocenters. The van der Waals surface area contributed by atoms with E-state index in [2.05, 4.69) is 19.2 Å². The number of nitrogens with zero attached hydrogens (tertiary/aromatic N) is 1. The van der Waals surface area contributed by atoms with Crippen molar-refractivity contribution in [3.63, 3.8) is 0 Å². The summed E-state index contributed by atoms with van der Waals surface area (Å²) >= 11 is 0. The number of rotatable bonds is 48. The lowest BCUT2D eigenvalue weighted by Gasteiger charge is -2.30. The van der Waals surface area contributed by atoms with Crippen LogP contribution in [0.15, 0.2) is 0 Å². The predicted molar refractivity (Wildman–Crippen MR) is 252 cm³/mol. The van der Waals surface area contributed by atoms with Gasteiger partial charge in [-0.3, -0.25) is 9.36 Å². The number of phosphoric ester groups is 1. The molecule has 8 nitrogen and oxygen atoms in total. The second-order valence-corrected chi connectivity index (χ2v) is 20.7. The number of aliphatic hydroxyl groups excluding tert-OH is 1. The molecule has 1 amide bonds. The number of likely N-dealkylation sites (N-methyl/N-ethyl adjacent to an activating group) is 1. The topological polar surface area (TPSA) is 108 Å². The van der Waals surface area contributed by atoms with E-state index in [9.17, 15) is 19.4 Å². The van der Waals surface area contributed by atoms with E-state index in [1.54, 1.807) is 0 Å². The molecule has 0 fully saturated rings. The molecule has 0 aromatic heterocycles. The minimum Gasteiger partial charge on any atom is -0.756 e. The van der Waals surface area contributed by atoms with Crippen molar-refractivity contribution in [1.82, 2.24) is 5.32 Å². The molecular formula is C50H103N2O6P. The number of quaternary nitrogens is 1. The van der Waals surface area contributed by atoms with Crippen LogP contribution in [0.5, 0.6) is 0 Å². The van der Waals surface area contributed by atoms with Crippen molar-refractivity contribution in [2.75, 3.05) is 40.9 Å². The van der Waals surface area contributed by atoms with Gasteiger partial charge >= 0.3 is 0 Å². The largest absolute Gasteiger partial charge is 0.756 e. The Morgan fingerprint density at radius 3 is 1.15 bits per heavy atom. The molecule has 0 bridgehead atoms. The Morgan fingerprint density at radius 2 is 0.831 bits per heavy atom. The van der Waals surface area contributed by atoms with Gasteiger partial charge in [0.05, 0.1) is 39.9 Å². The number of carbonyl (C=O) groups excluding carboxylic acids is 1. The van der Waals surface area contributed by atoms with E-state index in [1.807, 2.05) is 21.1 Å². The molecule has 0 saturated heterocycles. The molecule has 0 saturated carbocycles. The van der Waals surface area contributed by atoms with Crippen LogP contribution in [0.25, 0.3) is 0 Å². The van der Waals surface area contributed by atoms with Gasteiger partial charge in [-0.15, -0.1) is 0 Å². The number of aliphatic hydroxyl groups is 1. The Hall–Kier alpha value is -0.500. The zero-order valence-electron chi connectivity index (χ0n) is 40.2. The van der Waals surface area contributed by atoms with E-state index in [0.29, 0.717) is 23.9 Å². The molecule has 2 N–H and O–H groups in total. The van der Waals surface area contributed by atoms with Gasteiger partial charge in [0.25, 0.3) is 7.82 Å². The van der Waals surface area contributed by atoms with Crippen molar-refractivity contribution in [3.8, 4) is 0 Å². The number of nitrogens with one attached hydrogen (secondary N) is 1. The first kappa shape index (κ1) is 58.5. The molecule has 354 valence electrons. The average molecular weight is 859 g/mol. The summed E-state index contributed by atoms with van der Waals surface area (Å²) in [5.74, 6) is -0.158. The average Bonchev–Trinajstić information content (AvgIpc) is 3.19. The van der Waals surface area contributed by atoms with Crippen molar-refractivity contribution in [2.24, 2.45) is 0 Å². The van der Waals surface area contributed by atoms with Crippen LogP contribution in [0.1, 0.15) is 264 Å². The molecular weight excluding hydrogens is 756 g/mol. The number of phosphoric acid groups is 1. The third kappa shape index (κ3) is 45.3. The van der Waals surface area contributed by atoms with Crippen LogP contribution in [0.4, 0.5) is 0 Å². The fourth-order valence-electron chi connectivity index (χ4n) is 7.98. The summed E-state index contributed by atoms with van der Waals surface area (Å²) in [7, 11) is 1.32. The van der Waals surface area contributed by atoms with Gasteiger partial charge in [-0.1, -0.05) is 245 Å². The molecule has 0 aromatic carbocycles. The maximum absolute atomic E-state index is 12.9. The summed E-state index contributed by atoms with van der Waals surface area (Å²) < 4.78 is 23.4. The van der Waals surface area contributed by atoms with E-state index in [4.69, 9.17) is 9.05 Å². The second-order valence-electron chi connectivity index (χ2n) is 19.2. The van der Waals surface area contributed by atoms with Crippen molar-refractivity contribution < 1.29 is 32.9 Å². The zero-order chi connectivity index (χ0) is 43.6. The number of hydrogen-bond acceptors (Lipinski definition) is 6. The Balaban J connectivity index is 4.20. The van der Waals surface area contributed by atoms with Gasteiger partial charge in [0.1, 0.15) is 13.2 Å². The zero-order valence-corrected chi connectivity index (χ0v) is 41.1. The molecule has 59 heavy (non-hydrogen) atoms.